The molecule has 1 amide bonds. The van der Waals surface area contributed by atoms with Crippen LogP contribution in [0, 0.1) is 6.92 Å². The number of anilines is 1. The number of rotatable bonds is 3. The van der Waals surface area contributed by atoms with Gasteiger partial charge in [0.05, 0.1) is 12.5 Å². The number of furan rings is 2. The minimum atomic E-state index is -0.274. The van der Waals surface area contributed by atoms with E-state index in [0.717, 1.165) is 16.9 Å². The van der Waals surface area contributed by atoms with E-state index in [1.807, 2.05) is 37.3 Å². The molecular formula is C16H13NO3. The second-order valence-corrected chi connectivity index (χ2v) is 4.44. The highest BCUT2D eigenvalue weighted by atomic mass is 16.3. The van der Waals surface area contributed by atoms with E-state index in [1.54, 1.807) is 18.4 Å². The van der Waals surface area contributed by atoms with Gasteiger partial charge < -0.3 is 14.2 Å². The summed E-state index contributed by atoms with van der Waals surface area (Å²) in [5, 5.41) is 2.80. The van der Waals surface area contributed by atoms with Crippen molar-refractivity contribution >= 4 is 11.6 Å². The van der Waals surface area contributed by atoms with E-state index in [0.29, 0.717) is 5.69 Å². The van der Waals surface area contributed by atoms with Crippen LogP contribution in [-0.4, -0.2) is 5.91 Å². The topological polar surface area (TPSA) is 55.4 Å². The van der Waals surface area contributed by atoms with E-state index in [2.05, 4.69) is 5.32 Å². The second-order valence-electron chi connectivity index (χ2n) is 4.44. The number of carbonyl (C=O) groups is 1. The SMILES string of the molecule is Cc1ccc(NC(=O)c2ccco2)cc1-c1ccco1. The quantitative estimate of drug-likeness (QED) is 0.777. The van der Waals surface area contributed by atoms with Crippen LogP contribution in [0.2, 0.25) is 0 Å². The van der Waals surface area contributed by atoms with Crippen molar-refractivity contribution in [3.05, 3.63) is 66.3 Å². The Labute approximate surface area is 116 Å². The number of hydrogen-bond acceptors (Lipinski definition) is 3. The normalized spacial score (nSPS) is 10.4. The molecule has 3 rings (SSSR count). The third-order valence-corrected chi connectivity index (χ3v) is 3.03. The van der Waals surface area contributed by atoms with E-state index < -0.39 is 0 Å². The maximum atomic E-state index is 11.9. The fraction of sp³-hybridized carbons (Fsp3) is 0.0625. The van der Waals surface area contributed by atoms with Gasteiger partial charge in [0.2, 0.25) is 0 Å². The Morgan fingerprint density at radius 1 is 1.05 bits per heavy atom. The van der Waals surface area contributed by atoms with Gasteiger partial charge in [0.15, 0.2) is 5.76 Å². The standard InChI is InChI=1S/C16H13NO3/c1-11-6-7-12(10-13(11)14-4-2-8-19-14)17-16(18)15-5-3-9-20-15/h2-10H,1H3,(H,17,18). The molecule has 0 saturated heterocycles. The first-order valence-corrected chi connectivity index (χ1v) is 6.23. The smallest absolute Gasteiger partial charge is 0.291 e. The number of hydrogen-bond donors (Lipinski definition) is 1. The van der Waals surface area contributed by atoms with Crippen LogP contribution < -0.4 is 5.32 Å². The Bertz CT molecular complexity index is 712. The molecule has 4 nitrogen and oxygen atoms in total. The highest BCUT2D eigenvalue weighted by molar-refractivity contribution is 6.02. The molecule has 0 spiro atoms. The average Bonchev–Trinajstić information content (AvgIpc) is 3.14. The molecule has 1 N–H and O–H groups in total. The van der Waals surface area contributed by atoms with Gasteiger partial charge in [-0.3, -0.25) is 4.79 Å². The lowest BCUT2D eigenvalue weighted by molar-refractivity contribution is 0.0996. The molecule has 0 saturated carbocycles. The van der Waals surface area contributed by atoms with Crippen LogP contribution in [0.15, 0.2) is 63.8 Å². The van der Waals surface area contributed by atoms with Crippen molar-refractivity contribution in [1.82, 2.24) is 0 Å². The molecule has 2 aromatic heterocycles. The maximum Gasteiger partial charge on any atom is 0.291 e. The van der Waals surface area contributed by atoms with Gasteiger partial charge in [0.1, 0.15) is 5.76 Å². The number of amides is 1. The summed E-state index contributed by atoms with van der Waals surface area (Å²) in [6.45, 7) is 2.00. The van der Waals surface area contributed by atoms with Crippen molar-refractivity contribution in [2.24, 2.45) is 0 Å². The van der Waals surface area contributed by atoms with Crippen LogP contribution in [0.1, 0.15) is 16.1 Å². The Hall–Kier alpha value is -2.75. The summed E-state index contributed by atoms with van der Waals surface area (Å²) < 4.78 is 10.5. The lowest BCUT2D eigenvalue weighted by Crippen LogP contribution is -2.10. The van der Waals surface area contributed by atoms with Crippen LogP contribution >= 0.6 is 0 Å². The largest absolute Gasteiger partial charge is 0.464 e. The van der Waals surface area contributed by atoms with Crippen molar-refractivity contribution in [1.29, 1.82) is 0 Å². The molecule has 2 heterocycles. The molecular weight excluding hydrogens is 254 g/mol. The number of nitrogens with one attached hydrogen (secondary N) is 1. The number of benzene rings is 1. The second kappa shape index (κ2) is 5.09. The van der Waals surface area contributed by atoms with Crippen LogP contribution in [0.25, 0.3) is 11.3 Å². The molecule has 0 aliphatic rings. The summed E-state index contributed by atoms with van der Waals surface area (Å²) in [5.41, 5.74) is 2.73. The molecule has 100 valence electrons. The molecule has 4 heteroatoms. The predicted molar refractivity (Wildman–Crippen MR) is 75.5 cm³/mol. The number of carbonyl (C=O) groups excluding carboxylic acids is 1. The van der Waals surface area contributed by atoms with Crippen molar-refractivity contribution in [3.63, 3.8) is 0 Å². The van der Waals surface area contributed by atoms with E-state index in [4.69, 9.17) is 8.83 Å². The zero-order chi connectivity index (χ0) is 13.9. The Morgan fingerprint density at radius 3 is 2.55 bits per heavy atom. The van der Waals surface area contributed by atoms with Crippen LogP contribution in [-0.2, 0) is 0 Å². The van der Waals surface area contributed by atoms with Gasteiger partial charge in [-0.25, -0.2) is 0 Å². The minimum Gasteiger partial charge on any atom is -0.464 e. The lowest BCUT2D eigenvalue weighted by Gasteiger charge is -2.07. The van der Waals surface area contributed by atoms with Gasteiger partial charge in [0, 0.05) is 11.3 Å². The fourth-order valence-electron chi connectivity index (χ4n) is 2.00. The first-order chi connectivity index (χ1) is 9.74. The van der Waals surface area contributed by atoms with Crippen molar-refractivity contribution in [2.75, 3.05) is 5.32 Å². The highest BCUT2D eigenvalue weighted by Crippen LogP contribution is 2.27. The van der Waals surface area contributed by atoms with Crippen molar-refractivity contribution < 1.29 is 13.6 Å². The molecule has 3 aromatic rings. The first-order valence-electron chi connectivity index (χ1n) is 6.23. The summed E-state index contributed by atoms with van der Waals surface area (Å²) in [7, 11) is 0. The van der Waals surface area contributed by atoms with E-state index >= 15 is 0 Å². The molecule has 0 fully saturated rings. The molecule has 0 aliphatic carbocycles. The average molecular weight is 267 g/mol. The molecule has 0 unspecified atom stereocenters. The number of aryl methyl sites for hydroxylation is 1. The lowest BCUT2D eigenvalue weighted by atomic mass is 10.1. The Kier molecular flexibility index (Phi) is 3.13. The van der Waals surface area contributed by atoms with E-state index in [9.17, 15) is 4.79 Å². The summed E-state index contributed by atoms with van der Waals surface area (Å²) >= 11 is 0. The van der Waals surface area contributed by atoms with Crippen LogP contribution in [0.4, 0.5) is 5.69 Å². The zero-order valence-electron chi connectivity index (χ0n) is 10.9. The van der Waals surface area contributed by atoms with E-state index in [-0.39, 0.29) is 11.7 Å². The van der Waals surface area contributed by atoms with Crippen molar-refractivity contribution in [2.45, 2.75) is 6.92 Å². The molecule has 20 heavy (non-hydrogen) atoms. The molecule has 0 bridgehead atoms. The Morgan fingerprint density at radius 2 is 1.85 bits per heavy atom. The minimum absolute atomic E-state index is 0.274. The fourth-order valence-corrected chi connectivity index (χ4v) is 2.00. The molecule has 0 aliphatic heterocycles. The summed E-state index contributed by atoms with van der Waals surface area (Å²) in [6.07, 6.45) is 3.10. The van der Waals surface area contributed by atoms with Crippen molar-refractivity contribution in [3.8, 4) is 11.3 Å². The summed E-state index contributed by atoms with van der Waals surface area (Å²) in [4.78, 5) is 11.9. The molecule has 0 radical (unpaired) electrons. The van der Waals surface area contributed by atoms with Gasteiger partial charge in [-0.1, -0.05) is 6.07 Å². The van der Waals surface area contributed by atoms with E-state index in [1.165, 1.54) is 6.26 Å². The predicted octanol–water partition coefficient (Wildman–Crippen LogP) is 4.10. The van der Waals surface area contributed by atoms with Gasteiger partial charge in [-0.15, -0.1) is 0 Å². The van der Waals surface area contributed by atoms with Crippen LogP contribution in [0.5, 0.6) is 0 Å². The molecule has 1 aromatic carbocycles. The Balaban J connectivity index is 1.88. The summed E-state index contributed by atoms with van der Waals surface area (Å²) in [6, 6.07) is 12.7. The van der Waals surface area contributed by atoms with Gasteiger partial charge >= 0.3 is 0 Å². The maximum absolute atomic E-state index is 11.9. The van der Waals surface area contributed by atoms with Gasteiger partial charge in [-0.05, 0) is 48.9 Å². The molecule has 0 atom stereocenters. The highest BCUT2D eigenvalue weighted by Gasteiger charge is 2.11. The third-order valence-electron chi connectivity index (χ3n) is 3.03. The van der Waals surface area contributed by atoms with Gasteiger partial charge in [0.25, 0.3) is 5.91 Å². The monoisotopic (exact) mass is 267 g/mol. The third kappa shape index (κ3) is 2.36. The van der Waals surface area contributed by atoms with Crippen LogP contribution in [0.3, 0.4) is 0 Å². The van der Waals surface area contributed by atoms with Gasteiger partial charge in [-0.2, -0.15) is 0 Å². The summed E-state index contributed by atoms with van der Waals surface area (Å²) in [5.74, 6) is 0.783. The first kappa shape index (κ1) is 12.3. The zero-order valence-corrected chi connectivity index (χ0v) is 10.9.